The van der Waals surface area contributed by atoms with Crippen LogP contribution in [0.15, 0.2) is 78.3 Å². The van der Waals surface area contributed by atoms with Crippen LogP contribution in [0.2, 0.25) is 0 Å². The number of benzene rings is 2. The second kappa shape index (κ2) is 9.65. The summed E-state index contributed by atoms with van der Waals surface area (Å²) in [4.78, 5) is 22.1. The van der Waals surface area contributed by atoms with Crippen LogP contribution in [0.25, 0.3) is 16.8 Å². The van der Waals surface area contributed by atoms with Gasteiger partial charge in [0.05, 0.1) is 29.5 Å². The minimum absolute atomic E-state index is 0.218. The van der Waals surface area contributed by atoms with Crippen LogP contribution in [-0.2, 0) is 4.84 Å². The third-order valence-corrected chi connectivity index (χ3v) is 5.59. The Labute approximate surface area is 200 Å². The highest BCUT2D eigenvalue weighted by Crippen LogP contribution is 2.31. The number of halogens is 1. The number of ether oxygens (including phenoxy) is 1. The Hall–Kier alpha value is -4.71. The van der Waals surface area contributed by atoms with Crippen LogP contribution in [0.4, 0.5) is 4.39 Å². The molecule has 1 unspecified atom stereocenters. The number of imidazole rings is 1. The molecule has 0 bridgehead atoms. The van der Waals surface area contributed by atoms with Gasteiger partial charge in [0.15, 0.2) is 6.10 Å². The number of nitrogens with one attached hydrogen (secondary N) is 1. The standard InChI is InChI=1S/C26H20FN5O3/c27-20-5-2-18(3-6-20)23-11-17(13-28)1-7-24(23)34-16-22-12-21(31-35-22)14-30-26(33)19-4-8-25-29-9-10-32(25)15-19/h1-11,15,22H,12,14,16H2,(H,30,33). The van der Waals surface area contributed by atoms with E-state index in [1.807, 2.05) is 0 Å². The molecular weight excluding hydrogens is 449 g/mol. The van der Waals surface area contributed by atoms with Crippen LogP contribution < -0.4 is 10.1 Å². The molecule has 35 heavy (non-hydrogen) atoms. The van der Waals surface area contributed by atoms with Crippen LogP contribution in [0.1, 0.15) is 22.3 Å². The Kier molecular flexibility index (Phi) is 6.09. The van der Waals surface area contributed by atoms with Gasteiger partial charge in [0, 0.05) is 30.6 Å². The van der Waals surface area contributed by atoms with Crippen molar-refractivity contribution in [2.45, 2.75) is 12.5 Å². The molecule has 3 heterocycles. The average molecular weight is 469 g/mol. The van der Waals surface area contributed by atoms with Gasteiger partial charge in [-0.05, 0) is 48.0 Å². The third-order valence-electron chi connectivity index (χ3n) is 5.59. The molecule has 0 saturated carbocycles. The van der Waals surface area contributed by atoms with Gasteiger partial charge in [-0.2, -0.15) is 5.26 Å². The van der Waals surface area contributed by atoms with Crippen LogP contribution in [0, 0.1) is 17.1 Å². The number of hydrogen-bond donors (Lipinski definition) is 1. The van der Waals surface area contributed by atoms with Crippen molar-refractivity contribution in [3.8, 4) is 22.9 Å². The van der Waals surface area contributed by atoms with Crippen molar-refractivity contribution in [1.82, 2.24) is 14.7 Å². The zero-order chi connectivity index (χ0) is 24.2. The number of nitrogens with zero attached hydrogens (tertiary/aromatic N) is 4. The van der Waals surface area contributed by atoms with Crippen molar-refractivity contribution in [1.29, 1.82) is 5.26 Å². The van der Waals surface area contributed by atoms with E-state index in [2.05, 4.69) is 21.5 Å². The number of amides is 1. The number of fused-ring (bicyclic) bond motifs is 1. The zero-order valence-electron chi connectivity index (χ0n) is 18.5. The summed E-state index contributed by atoms with van der Waals surface area (Å²) < 4.78 is 21.1. The summed E-state index contributed by atoms with van der Waals surface area (Å²) in [5.74, 6) is -0.00793. The molecule has 2 aromatic carbocycles. The summed E-state index contributed by atoms with van der Waals surface area (Å²) in [5, 5.41) is 16.2. The number of hydrogen-bond acceptors (Lipinski definition) is 6. The predicted octanol–water partition coefficient (Wildman–Crippen LogP) is 3.97. The van der Waals surface area contributed by atoms with E-state index in [-0.39, 0.29) is 31.0 Å². The molecule has 1 aliphatic heterocycles. The zero-order valence-corrected chi connectivity index (χ0v) is 18.5. The first-order valence-corrected chi connectivity index (χ1v) is 10.9. The fourth-order valence-corrected chi connectivity index (χ4v) is 3.78. The SMILES string of the molecule is N#Cc1ccc(OCC2CC(CNC(=O)c3ccc4nccn4c3)=NO2)c(-c2ccc(F)cc2)c1. The van der Waals surface area contributed by atoms with Gasteiger partial charge in [0.1, 0.15) is 23.8 Å². The summed E-state index contributed by atoms with van der Waals surface area (Å²) in [6, 6.07) is 16.7. The number of rotatable bonds is 7. The fraction of sp³-hybridized carbons (Fsp3) is 0.154. The second-order valence-electron chi connectivity index (χ2n) is 8.02. The summed E-state index contributed by atoms with van der Waals surface area (Å²) in [6.45, 7) is 0.479. The first kappa shape index (κ1) is 22.1. The second-order valence-corrected chi connectivity index (χ2v) is 8.02. The Morgan fingerprint density at radius 3 is 2.91 bits per heavy atom. The Morgan fingerprint density at radius 2 is 2.09 bits per heavy atom. The number of pyridine rings is 1. The summed E-state index contributed by atoms with van der Waals surface area (Å²) in [5.41, 5.74) is 3.88. The van der Waals surface area contributed by atoms with Crippen molar-refractivity contribution >= 4 is 17.3 Å². The van der Waals surface area contributed by atoms with Crippen LogP contribution in [0.5, 0.6) is 5.75 Å². The number of nitriles is 1. The maximum absolute atomic E-state index is 13.4. The lowest BCUT2D eigenvalue weighted by atomic mass is 10.0. The molecule has 8 nitrogen and oxygen atoms in total. The number of carbonyl (C=O) groups is 1. The number of aromatic nitrogens is 2. The van der Waals surface area contributed by atoms with E-state index >= 15 is 0 Å². The number of carbonyl (C=O) groups excluding carboxylic acids is 1. The summed E-state index contributed by atoms with van der Waals surface area (Å²) in [7, 11) is 0. The topological polar surface area (TPSA) is 101 Å². The number of oxime groups is 1. The molecular formula is C26H20FN5O3. The lowest BCUT2D eigenvalue weighted by molar-refractivity contribution is 0.0472. The smallest absolute Gasteiger partial charge is 0.253 e. The highest BCUT2D eigenvalue weighted by Gasteiger charge is 2.23. The molecule has 0 aliphatic carbocycles. The monoisotopic (exact) mass is 469 g/mol. The molecule has 5 rings (SSSR count). The van der Waals surface area contributed by atoms with E-state index in [9.17, 15) is 14.4 Å². The molecule has 174 valence electrons. The third kappa shape index (κ3) is 4.96. The Balaban J connectivity index is 1.17. The fourth-order valence-electron chi connectivity index (χ4n) is 3.78. The minimum atomic E-state index is -0.342. The quantitative estimate of drug-likeness (QED) is 0.442. The van der Waals surface area contributed by atoms with Crippen molar-refractivity contribution in [2.24, 2.45) is 5.16 Å². The minimum Gasteiger partial charge on any atom is -0.489 e. The van der Waals surface area contributed by atoms with E-state index in [1.165, 1.54) is 12.1 Å². The van der Waals surface area contributed by atoms with Gasteiger partial charge in [-0.3, -0.25) is 4.79 Å². The molecule has 1 N–H and O–H groups in total. The molecule has 2 aromatic heterocycles. The van der Waals surface area contributed by atoms with Gasteiger partial charge >= 0.3 is 0 Å². The predicted molar refractivity (Wildman–Crippen MR) is 126 cm³/mol. The van der Waals surface area contributed by atoms with Crippen LogP contribution in [-0.4, -0.2) is 40.3 Å². The van der Waals surface area contributed by atoms with E-state index in [0.29, 0.717) is 34.6 Å². The van der Waals surface area contributed by atoms with E-state index < -0.39 is 0 Å². The Morgan fingerprint density at radius 1 is 1.23 bits per heavy atom. The Bertz CT molecular complexity index is 1460. The van der Waals surface area contributed by atoms with Crippen molar-refractivity contribution < 1.29 is 18.8 Å². The van der Waals surface area contributed by atoms with Crippen molar-refractivity contribution in [3.63, 3.8) is 0 Å². The highest BCUT2D eigenvalue weighted by atomic mass is 19.1. The largest absolute Gasteiger partial charge is 0.489 e. The molecule has 1 atom stereocenters. The first-order chi connectivity index (χ1) is 17.1. The van der Waals surface area contributed by atoms with Gasteiger partial charge in [0.25, 0.3) is 5.91 Å². The maximum atomic E-state index is 13.4. The highest BCUT2D eigenvalue weighted by molar-refractivity contribution is 5.98. The average Bonchev–Trinajstić information content (AvgIpc) is 3.55. The molecule has 0 radical (unpaired) electrons. The van der Waals surface area contributed by atoms with E-state index in [4.69, 9.17) is 9.57 Å². The van der Waals surface area contributed by atoms with E-state index in [1.54, 1.807) is 65.5 Å². The molecule has 1 amide bonds. The van der Waals surface area contributed by atoms with Crippen molar-refractivity contribution in [3.05, 3.63) is 90.1 Å². The maximum Gasteiger partial charge on any atom is 0.253 e. The van der Waals surface area contributed by atoms with Gasteiger partial charge in [-0.25, -0.2) is 9.37 Å². The van der Waals surface area contributed by atoms with Gasteiger partial charge < -0.3 is 19.3 Å². The van der Waals surface area contributed by atoms with Gasteiger partial charge in [-0.1, -0.05) is 17.3 Å². The molecule has 0 spiro atoms. The lowest BCUT2D eigenvalue weighted by Crippen LogP contribution is -2.30. The molecule has 1 aliphatic rings. The summed E-state index contributed by atoms with van der Waals surface area (Å²) >= 11 is 0. The molecule has 4 aromatic rings. The first-order valence-electron chi connectivity index (χ1n) is 10.9. The van der Waals surface area contributed by atoms with E-state index in [0.717, 1.165) is 11.2 Å². The van der Waals surface area contributed by atoms with Crippen LogP contribution >= 0.6 is 0 Å². The van der Waals surface area contributed by atoms with Crippen LogP contribution in [0.3, 0.4) is 0 Å². The van der Waals surface area contributed by atoms with Gasteiger partial charge in [0.2, 0.25) is 0 Å². The lowest BCUT2D eigenvalue weighted by Gasteiger charge is -2.14. The van der Waals surface area contributed by atoms with Crippen molar-refractivity contribution in [2.75, 3.05) is 13.2 Å². The normalized spacial score (nSPS) is 14.7. The summed E-state index contributed by atoms with van der Waals surface area (Å²) in [6.07, 6.45) is 5.35. The molecule has 0 saturated heterocycles. The molecule has 0 fully saturated rings. The molecule has 9 heteroatoms. The van der Waals surface area contributed by atoms with Gasteiger partial charge in [-0.15, -0.1) is 0 Å².